The van der Waals surface area contributed by atoms with Crippen LogP contribution in [0.2, 0.25) is 10.0 Å². The molecule has 1 saturated heterocycles. The molecular weight excluding hydrogens is 395 g/mol. The Morgan fingerprint density at radius 3 is 2.31 bits per heavy atom. The number of morpholine rings is 1. The molecule has 1 heterocycles. The number of halogens is 2. The predicted molar refractivity (Wildman–Crippen MR) is 105 cm³/mol. The van der Waals surface area contributed by atoms with Gasteiger partial charge >= 0.3 is 0 Å². The standard InChI is InChI=1S/C18H20Cl2N2O3S/c1-21(26(23,24)18-15(19)6-4-7-16(18)20)13-14-5-2-3-8-17(14)22-9-11-25-12-10-22/h2-8H,9-13H2,1H3. The molecule has 1 aliphatic heterocycles. The van der Waals surface area contributed by atoms with Crippen molar-refractivity contribution < 1.29 is 13.2 Å². The first kappa shape index (κ1) is 19.5. The van der Waals surface area contributed by atoms with Crippen LogP contribution in [0.1, 0.15) is 5.56 Å². The van der Waals surface area contributed by atoms with E-state index < -0.39 is 10.0 Å². The van der Waals surface area contributed by atoms with Crippen molar-refractivity contribution in [1.29, 1.82) is 0 Å². The fraction of sp³-hybridized carbons (Fsp3) is 0.333. The first-order chi connectivity index (χ1) is 12.4. The molecule has 0 N–H and O–H groups in total. The van der Waals surface area contributed by atoms with E-state index in [1.54, 1.807) is 6.07 Å². The van der Waals surface area contributed by atoms with Gasteiger partial charge in [0.2, 0.25) is 10.0 Å². The second-order valence-corrected chi connectivity index (χ2v) is 8.84. The molecule has 0 radical (unpaired) electrons. The monoisotopic (exact) mass is 414 g/mol. The summed E-state index contributed by atoms with van der Waals surface area (Å²) in [6.07, 6.45) is 0. The summed E-state index contributed by atoms with van der Waals surface area (Å²) in [7, 11) is -2.29. The number of hydrogen-bond acceptors (Lipinski definition) is 4. The van der Waals surface area contributed by atoms with Crippen LogP contribution in [0, 0.1) is 0 Å². The average molecular weight is 415 g/mol. The van der Waals surface area contributed by atoms with Crippen molar-refractivity contribution in [3.05, 3.63) is 58.1 Å². The largest absolute Gasteiger partial charge is 0.378 e. The zero-order valence-electron chi connectivity index (χ0n) is 14.4. The lowest BCUT2D eigenvalue weighted by Crippen LogP contribution is -2.37. The summed E-state index contributed by atoms with van der Waals surface area (Å²) in [5, 5.41) is 0.233. The van der Waals surface area contributed by atoms with E-state index in [0.717, 1.165) is 24.3 Å². The summed E-state index contributed by atoms with van der Waals surface area (Å²) >= 11 is 12.2. The van der Waals surface area contributed by atoms with Crippen LogP contribution in [-0.2, 0) is 21.3 Å². The smallest absolute Gasteiger partial charge is 0.246 e. The molecule has 8 heteroatoms. The summed E-state index contributed by atoms with van der Waals surface area (Å²) < 4.78 is 32.7. The number of para-hydroxylation sites is 1. The lowest BCUT2D eigenvalue weighted by atomic mass is 10.1. The summed E-state index contributed by atoms with van der Waals surface area (Å²) in [4.78, 5) is 2.15. The molecule has 0 atom stereocenters. The van der Waals surface area contributed by atoms with Crippen LogP contribution in [0.4, 0.5) is 5.69 Å². The molecule has 0 saturated carbocycles. The van der Waals surface area contributed by atoms with E-state index in [2.05, 4.69) is 4.90 Å². The maximum Gasteiger partial charge on any atom is 0.246 e. The quantitative estimate of drug-likeness (QED) is 0.748. The highest BCUT2D eigenvalue weighted by atomic mass is 35.5. The van der Waals surface area contributed by atoms with Crippen LogP contribution in [0.5, 0.6) is 0 Å². The molecule has 140 valence electrons. The highest BCUT2D eigenvalue weighted by molar-refractivity contribution is 7.89. The number of ether oxygens (including phenoxy) is 1. The van der Waals surface area contributed by atoms with Gasteiger partial charge in [-0.1, -0.05) is 47.5 Å². The average Bonchev–Trinajstić information content (AvgIpc) is 2.62. The molecule has 0 unspecified atom stereocenters. The van der Waals surface area contributed by atoms with Gasteiger partial charge in [0.05, 0.1) is 23.3 Å². The van der Waals surface area contributed by atoms with Gasteiger partial charge in [0.25, 0.3) is 0 Å². The second-order valence-electron chi connectivity index (χ2n) is 6.04. The minimum atomic E-state index is -3.82. The minimum Gasteiger partial charge on any atom is -0.378 e. The van der Waals surface area contributed by atoms with Crippen LogP contribution in [0.15, 0.2) is 47.4 Å². The van der Waals surface area contributed by atoms with Crippen molar-refractivity contribution in [2.24, 2.45) is 0 Å². The van der Waals surface area contributed by atoms with Gasteiger partial charge in [-0.05, 0) is 23.8 Å². The lowest BCUT2D eigenvalue weighted by molar-refractivity contribution is 0.122. The first-order valence-corrected chi connectivity index (χ1v) is 10.4. The van der Waals surface area contributed by atoms with Crippen LogP contribution in [-0.4, -0.2) is 46.1 Å². The molecule has 2 aromatic rings. The Morgan fingerprint density at radius 1 is 1.04 bits per heavy atom. The van der Waals surface area contributed by atoms with E-state index in [1.165, 1.54) is 23.5 Å². The topological polar surface area (TPSA) is 49.9 Å². The summed E-state index contributed by atoms with van der Waals surface area (Å²) in [5.41, 5.74) is 1.94. The number of nitrogens with zero attached hydrogens (tertiary/aromatic N) is 2. The van der Waals surface area contributed by atoms with Crippen molar-refractivity contribution >= 4 is 38.9 Å². The van der Waals surface area contributed by atoms with E-state index in [-0.39, 0.29) is 21.5 Å². The molecule has 26 heavy (non-hydrogen) atoms. The van der Waals surface area contributed by atoms with Crippen LogP contribution in [0.3, 0.4) is 0 Å². The normalized spacial score (nSPS) is 15.5. The minimum absolute atomic E-state index is 0.0605. The maximum absolute atomic E-state index is 13.0. The van der Waals surface area contributed by atoms with Crippen LogP contribution in [0.25, 0.3) is 0 Å². The summed E-state index contributed by atoms with van der Waals surface area (Å²) in [5.74, 6) is 0. The molecule has 3 rings (SSSR count). The zero-order valence-corrected chi connectivity index (χ0v) is 16.7. The Kier molecular flexibility index (Phi) is 6.10. The Hall–Kier alpha value is -1.31. The molecule has 0 spiro atoms. The fourth-order valence-electron chi connectivity index (χ4n) is 2.97. The highest BCUT2D eigenvalue weighted by Gasteiger charge is 2.27. The molecule has 0 bridgehead atoms. The summed E-state index contributed by atoms with van der Waals surface area (Å²) in [6, 6.07) is 12.5. The van der Waals surface area contributed by atoms with Crippen molar-refractivity contribution in [3.63, 3.8) is 0 Å². The molecule has 5 nitrogen and oxygen atoms in total. The van der Waals surface area contributed by atoms with E-state index in [0.29, 0.717) is 13.2 Å². The third-order valence-electron chi connectivity index (χ3n) is 4.32. The molecule has 0 amide bonds. The molecule has 1 fully saturated rings. The van der Waals surface area contributed by atoms with Gasteiger partial charge in [-0.15, -0.1) is 0 Å². The number of sulfonamides is 1. The Bertz CT molecular complexity index is 864. The molecular formula is C18H20Cl2N2O3S. The van der Waals surface area contributed by atoms with Crippen molar-refractivity contribution in [2.75, 3.05) is 38.3 Å². The fourth-order valence-corrected chi connectivity index (χ4v) is 5.20. The number of anilines is 1. The van der Waals surface area contributed by atoms with Gasteiger partial charge in [-0.25, -0.2) is 8.42 Å². The van der Waals surface area contributed by atoms with Crippen LogP contribution >= 0.6 is 23.2 Å². The van der Waals surface area contributed by atoms with Gasteiger partial charge in [0.1, 0.15) is 4.90 Å². The highest BCUT2D eigenvalue weighted by Crippen LogP contribution is 2.32. The van der Waals surface area contributed by atoms with Gasteiger partial charge in [-0.2, -0.15) is 4.31 Å². The van der Waals surface area contributed by atoms with Gasteiger partial charge < -0.3 is 9.64 Å². The Morgan fingerprint density at radius 2 is 1.65 bits per heavy atom. The molecule has 2 aromatic carbocycles. The number of benzene rings is 2. The molecule has 0 aliphatic carbocycles. The third-order valence-corrected chi connectivity index (χ3v) is 7.08. The Balaban J connectivity index is 1.89. The SMILES string of the molecule is CN(Cc1ccccc1N1CCOCC1)S(=O)(=O)c1c(Cl)cccc1Cl. The second kappa shape index (κ2) is 8.15. The van der Waals surface area contributed by atoms with Crippen molar-refractivity contribution in [1.82, 2.24) is 4.31 Å². The third kappa shape index (κ3) is 4.00. The Labute approximate surface area is 164 Å². The van der Waals surface area contributed by atoms with Gasteiger partial charge in [0, 0.05) is 32.4 Å². The summed E-state index contributed by atoms with van der Waals surface area (Å²) in [6.45, 7) is 3.11. The predicted octanol–water partition coefficient (Wildman–Crippen LogP) is 3.65. The van der Waals surface area contributed by atoms with Crippen LogP contribution < -0.4 is 4.90 Å². The van der Waals surface area contributed by atoms with E-state index >= 15 is 0 Å². The first-order valence-electron chi connectivity index (χ1n) is 8.22. The van der Waals surface area contributed by atoms with Crippen molar-refractivity contribution in [2.45, 2.75) is 11.4 Å². The van der Waals surface area contributed by atoms with E-state index in [4.69, 9.17) is 27.9 Å². The zero-order chi connectivity index (χ0) is 18.7. The molecule has 0 aromatic heterocycles. The van der Waals surface area contributed by atoms with E-state index in [9.17, 15) is 8.42 Å². The van der Waals surface area contributed by atoms with Crippen molar-refractivity contribution in [3.8, 4) is 0 Å². The number of hydrogen-bond donors (Lipinski definition) is 0. The van der Waals surface area contributed by atoms with Gasteiger partial charge in [0.15, 0.2) is 0 Å². The van der Waals surface area contributed by atoms with E-state index in [1.807, 2.05) is 24.3 Å². The lowest BCUT2D eigenvalue weighted by Gasteiger charge is -2.31. The number of rotatable bonds is 5. The molecule has 1 aliphatic rings. The maximum atomic E-state index is 13.0. The van der Waals surface area contributed by atoms with Gasteiger partial charge in [-0.3, -0.25) is 0 Å².